The summed E-state index contributed by atoms with van der Waals surface area (Å²) in [6.45, 7) is 0. The summed E-state index contributed by atoms with van der Waals surface area (Å²) in [6.07, 6.45) is 1.20. The lowest BCUT2D eigenvalue weighted by molar-refractivity contribution is 0.188. The molecular formula is C5H5N5O2. The Kier molecular flexibility index (Phi) is 1.09. The van der Waals surface area contributed by atoms with Crippen LogP contribution in [0, 0.1) is 0 Å². The second-order valence-corrected chi connectivity index (χ2v) is 2.20. The van der Waals surface area contributed by atoms with Crippen molar-refractivity contribution in [1.82, 2.24) is 19.7 Å². The number of H-pyrrole nitrogens is 1. The molecule has 0 saturated heterocycles. The first-order chi connectivity index (χ1) is 5.70. The number of nitrogen functional groups attached to an aromatic ring is 1. The van der Waals surface area contributed by atoms with Gasteiger partial charge in [-0.15, -0.1) is 4.73 Å². The Balaban J connectivity index is 3.07. The molecule has 2 aromatic heterocycles. The van der Waals surface area contributed by atoms with Crippen LogP contribution in [0.1, 0.15) is 0 Å². The summed E-state index contributed by atoms with van der Waals surface area (Å²) in [5.41, 5.74) is 5.01. The summed E-state index contributed by atoms with van der Waals surface area (Å²) in [5, 5.41) is 9.09. The molecular weight excluding hydrogens is 162 g/mol. The van der Waals surface area contributed by atoms with Crippen LogP contribution in [0.4, 0.5) is 5.82 Å². The number of imidazole rings is 1. The fourth-order valence-electron chi connectivity index (χ4n) is 0.948. The van der Waals surface area contributed by atoms with Crippen LogP contribution in [0.15, 0.2) is 11.1 Å². The van der Waals surface area contributed by atoms with Gasteiger partial charge in [-0.25, -0.2) is 14.8 Å². The molecule has 62 valence electrons. The number of hydrogen-bond acceptors (Lipinski definition) is 5. The zero-order chi connectivity index (χ0) is 8.72. The highest BCUT2D eigenvalue weighted by molar-refractivity contribution is 5.80. The Labute approximate surface area is 65.4 Å². The predicted molar refractivity (Wildman–Crippen MR) is 39.7 cm³/mol. The van der Waals surface area contributed by atoms with Gasteiger partial charge in [0.25, 0.3) is 0 Å². The molecule has 0 saturated carbocycles. The Morgan fingerprint density at radius 1 is 1.58 bits per heavy atom. The van der Waals surface area contributed by atoms with Crippen molar-refractivity contribution in [3.8, 4) is 0 Å². The molecule has 0 aromatic carbocycles. The molecule has 7 heteroatoms. The Morgan fingerprint density at radius 2 is 2.33 bits per heavy atom. The van der Waals surface area contributed by atoms with Crippen LogP contribution in [0.25, 0.3) is 11.2 Å². The Hall–Kier alpha value is -2.05. The SMILES string of the molecule is Nc1ncnc2[nH]c(=O)n(O)c12. The first kappa shape index (κ1) is 6.65. The Morgan fingerprint density at radius 3 is 3.00 bits per heavy atom. The molecule has 0 fully saturated rings. The smallest absolute Gasteiger partial charge is 0.360 e. The van der Waals surface area contributed by atoms with Crippen molar-refractivity contribution in [3.63, 3.8) is 0 Å². The van der Waals surface area contributed by atoms with Crippen LogP contribution in [0.5, 0.6) is 0 Å². The molecule has 0 aliphatic carbocycles. The predicted octanol–water partition coefficient (Wildman–Crippen LogP) is -1.06. The molecule has 4 N–H and O–H groups in total. The van der Waals surface area contributed by atoms with Gasteiger partial charge in [0.1, 0.15) is 6.33 Å². The summed E-state index contributed by atoms with van der Waals surface area (Å²) in [4.78, 5) is 20.4. The lowest BCUT2D eigenvalue weighted by Gasteiger charge is -1.93. The molecule has 0 aliphatic rings. The first-order valence-corrected chi connectivity index (χ1v) is 3.10. The van der Waals surface area contributed by atoms with Crippen LogP contribution in [-0.2, 0) is 0 Å². The lowest BCUT2D eigenvalue weighted by atomic mass is 10.5. The van der Waals surface area contributed by atoms with Crippen molar-refractivity contribution < 1.29 is 5.21 Å². The number of aromatic amines is 1. The van der Waals surface area contributed by atoms with E-state index >= 15 is 0 Å². The second kappa shape index (κ2) is 1.97. The summed E-state index contributed by atoms with van der Waals surface area (Å²) >= 11 is 0. The van der Waals surface area contributed by atoms with Crippen molar-refractivity contribution in [2.24, 2.45) is 0 Å². The van der Waals surface area contributed by atoms with Crippen molar-refractivity contribution in [2.45, 2.75) is 0 Å². The molecule has 0 spiro atoms. The monoisotopic (exact) mass is 167 g/mol. The number of nitrogens with zero attached hydrogens (tertiary/aromatic N) is 3. The van der Waals surface area contributed by atoms with Gasteiger partial charge < -0.3 is 10.9 Å². The van der Waals surface area contributed by atoms with Gasteiger partial charge in [-0.2, -0.15) is 0 Å². The molecule has 2 rings (SSSR count). The third-order valence-corrected chi connectivity index (χ3v) is 1.48. The number of rotatable bonds is 0. The fraction of sp³-hybridized carbons (Fsp3) is 0. The van der Waals surface area contributed by atoms with E-state index in [0.717, 1.165) is 0 Å². The zero-order valence-electron chi connectivity index (χ0n) is 5.85. The van der Waals surface area contributed by atoms with E-state index in [1.165, 1.54) is 6.33 Å². The quantitative estimate of drug-likeness (QED) is 0.433. The van der Waals surface area contributed by atoms with E-state index in [2.05, 4.69) is 15.0 Å². The second-order valence-electron chi connectivity index (χ2n) is 2.20. The maximum absolute atomic E-state index is 10.8. The van der Waals surface area contributed by atoms with Crippen molar-refractivity contribution >= 4 is 17.0 Å². The van der Waals surface area contributed by atoms with Crippen molar-refractivity contribution in [1.29, 1.82) is 0 Å². The van der Waals surface area contributed by atoms with Gasteiger partial charge in [-0.3, -0.25) is 4.98 Å². The molecule has 7 nitrogen and oxygen atoms in total. The summed E-state index contributed by atoms with van der Waals surface area (Å²) in [7, 11) is 0. The summed E-state index contributed by atoms with van der Waals surface area (Å²) < 4.78 is 0.380. The van der Waals surface area contributed by atoms with Crippen LogP contribution >= 0.6 is 0 Å². The molecule has 2 aromatic rings. The number of nitrogens with one attached hydrogen (secondary N) is 1. The minimum absolute atomic E-state index is 0.0563. The fourth-order valence-corrected chi connectivity index (χ4v) is 0.948. The molecule has 0 bridgehead atoms. The lowest BCUT2D eigenvalue weighted by Crippen LogP contribution is -2.13. The maximum Gasteiger partial charge on any atom is 0.360 e. The zero-order valence-corrected chi connectivity index (χ0v) is 5.85. The van der Waals surface area contributed by atoms with Gasteiger partial charge in [0.2, 0.25) is 0 Å². The topological polar surface area (TPSA) is 110 Å². The van der Waals surface area contributed by atoms with Crippen LogP contribution in [0.3, 0.4) is 0 Å². The number of hydrogen-bond donors (Lipinski definition) is 3. The first-order valence-electron chi connectivity index (χ1n) is 3.10. The highest BCUT2D eigenvalue weighted by Gasteiger charge is 2.09. The van der Waals surface area contributed by atoms with Gasteiger partial charge in [-0.1, -0.05) is 0 Å². The van der Waals surface area contributed by atoms with Gasteiger partial charge in [0.05, 0.1) is 0 Å². The molecule has 12 heavy (non-hydrogen) atoms. The minimum Gasteiger partial charge on any atom is -0.423 e. The van der Waals surface area contributed by atoms with E-state index in [0.29, 0.717) is 4.73 Å². The average molecular weight is 167 g/mol. The van der Waals surface area contributed by atoms with Gasteiger partial charge in [0, 0.05) is 0 Å². The van der Waals surface area contributed by atoms with Crippen LogP contribution < -0.4 is 11.4 Å². The molecule has 0 unspecified atom stereocenters. The number of nitrogens with two attached hydrogens (primary N) is 1. The van der Waals surface area contributed by atoms with E-state index in [1.807, 2.05) is 0 Å². The van der Waals surface area contributed by atoms with Crippen LogP contribution in [-0.4, -0.2) is 24.9 Å². The standard InChI is InChI=1S/C5H5N5O2/c6-3-2-4(8-1-7-3)9-5(11)10(2)12/h1,12H,(H3,6,7,8,9,11). The van der Waals surface area contributed by atoms with Gasteiger partial charge in [0.15, 0.2) is 17.0 Å². The third-order valence-electron chi connectivity index (χ3n) is 1.48. The van der Waals surface area contributed by atoms with Crippen molar-refractivity contribution in [2.75, 3.05) is 5.73 Å². The Bertz CT molecular complexity index is 484. The number of aromatic nitrogens is 4. The van der Waals surface area contributed by atoms with Gasteiger partial charge >= 0.3 is 5.69 Å². The van der Waals surface area contributed by atoms with E-state index in [-0.39, 0.29) is 17.0 Å². The summed E-state index contributed by atoms with van der Waals surface area (Å²) in [6, 6.07) is 0. The maximum atomic E-state index is 10.8. The largest absolute Gasteiger partial charge is 0.423 e. The van der Waals surface area contributed by atoms with E-state index in [1.54, 1.807) is 0 Å². The third kappa shape index (κ3) is 0.669. The summed E-state index contributed by atoms with van der Waals surface area (Å²) in [5.74, 6) is 0.0563. The highest BCUT2D eigenvalue weighted by Crippen LogP contribution is 2.09. The molecule has 0 aliphatic heterocycles. The molecule has 0 radical (unpaired) electrons. The number of fused-ring (bicyclic) bond motifs is 1. The van der Waals surface area contributed by atoms with E-state index < -0.39 is 5.69 Å². The highest BCUT2D eigenvalue weighted by atomic mass is 16.5. The molecule has 2 heterocycles. The van der Waals surface area contributed by atoms with E-state index in [9.17, 15) is 4.79 Å². The number of anilines is 1. The van der Waals surface area contributed by atoms with Gasteiger partial charge in [-0.05, 0) is 0 Å². The molecule has 0 amide bonds. The minimum atomic E-state index is -0.683. The van der Waals surface area contributed by atoms with Crippen LogP contribution in [0.2, 0.25) is 0 Å². The van der Waals surface area contributed by atoms with E-state index in [4.69, 9.17) is 10.9 Å². The van der Waals surface area contributed by atoms with Crippen molar-refractivity contribution in [3.05, 3.63) is 16.8 Å². The average Bonchev–Trinajstić information content (AvgIpc) is 2.29. The molecule has 0 atom stereocenters. The normalized spacial score (nSPS) is 10.7.